The van der Waals surface area contributed by atoms with Crippen LogP contribution in [0, 0.1) is 0 Å². The molecule has 1 aromatic carbocycles. The lowest BCUT2D eigenvalue weighted by atomic mass is 10.1. The Kier molecular flexibility index (Phi) is 6.37. The van der Waals surface area contributed by atoms with Crippen LogP contribution < -0.4 is 15.8 Å². The monoisotopic (exact) mass is 314 g/mol. The van der Waals surface area contributed by atoms with Crippen molar-refractivity contribution in [2.75, 3.05) is 19.0 Å². The lowest BCUT2D eigenvalue weighted by molar-refractivity contribution is -0.114. The van der Waals surface area contributed by atoms with Crippen molar-refractivity contribution in [3.05, 3.63) is 34.8 Å². The Morgan fingerprint density at radius 1 is 1.45 bits per heavy atom. The van der Waals surface area contributed by atoms with Crippen molar-refractivity contribution in [3.8, 4) is 5.75 Å². The van der Waals surface area contributed by atoms with Crippen LogP contribution in [0.25, 0.3) is 0 Å². The number of hydrogen-bond acceptors (Lipinski definition) is 6. The maximum absolute atomic E-state index is 11.1. The van der Waals surface area contributed by atoms with Crippen LogP contribution in [0.1, 0.15) is 10.6 Å². The number of carbonyl (C=O) groups excluding carboxylic acids is 1. The first kappa shape index (κ1) is 16.4. The predicted molar refractivity (Wildman–Crippen MR) is 80.6 cm³/mol. The molecule has 1 aromatic heterocycles. The summed E-state index contributed by atoms with van der Waals surface area (Å²) in [5, 5.41) is 11.8. The van der Waals surface area contributed by atoms with Gasteiger partial charge in [0.05, 0.1) is 13.7 Å². The Morgan fingerprint density at radius 3 is 2.95 bits per heavy atom. The highest BCUT2D eigenvalue weighted by atomic mass is 35.5. The van der Waals surface area contributed by atoms with Crippen LogP contribution in [0.3, 0.4) is 0 Å². The second kappa shape index (κ2) is 7.78. The third kappa shape index (κ3) is 4.44. The molecule has 0 aliphatic heterocycles. The molecule has 0 fully saturated rings. The largest absolute Gasteiger partial charge is 0.497 e. The van der Waals surface area contributed by atoms with E-state index in [9.17, 15) is 4.79 Å². The molecule has 0 spiro atoms. The zero-order valence-corrected chi connectivity index (χ0v) is 12.5. The zero-order valence-electron chi connectivity index (χ0n) is 10.8. The fourth-order valence-corrected chi connectivity index (χ4v) is 2.29. The Hall–Kier alpha value is -1.70. The summed E-state index contributed by atoms with van der Waals surface area (Å²) in [4.78, 5) is 11.1. The van der Waals surface area contributed by atoms with Crippen LogP contribution >= 0.6 is 23.7 Å². The number of nitrogens with zero attached hydrogens (tertiary/aromatic N) is 2. The molecule has 20 heavy (non-hydrogen) atoms. The van der Waals surface area contributed by atoms with Gasteiger partial charge in [-0.1, -0.05) is 23.5 Å². The molecule has 0 radical (unpaired) electrons. The first-order valence-electron chi connectivity index (χ1n) is 5.66. The average Bonchev–Trinajstić information content (AvgIpc) is 2.86. The average molecular weight is 315 g/mol. The molecule has 8 heteroatoms. The predicted octanol–water partition coefficient (Wildman–Crippen LogP) is 1.46. The van der Waals surface area contributed by atoms with E-state index in [1.54, 1.807) is 7.11 Å². The van der Waals surface area contributed by atoms with E-state index in [4.69, 9.17) is 10.5 Å². The number of carbonyl (C=O) groups is 1. The van der Waals surface area contributed by atoms with Crippen molar-refractivity contribution in [1.29, 1.82) is 0 Å². The van der Waals surface area contributed by atoms with Gasteiger partial charge in [0.15, 0.2) is 0 Å². The topological polar surface area (TPSA) is 90.1 Å². The van der Waals surface area contributed by atoms with Gasteiger partial charge in [-0.05, 0) is 17.7 Å². The molecule has 2 aromatic rings. The Morgan fingerprint density at radius 2 is 2.25 bits per heavy atom. The minimum absolute atomic E-state index is 0. The van der Waals surface area contributed by atoms with Crippen LogP contribution in [0.2, 0.25) is 0 Å². The lowest BCUT2D eigenvalue weighted by Gasteiger charge is -2.01. The molecule has 0 aliphatic rings. The molecule has 0 saturated heterocycles. The van der Waals surface area contributed by atoms with Gasteiger partial charge in [0.1, 0.15) is 10.8 Å². The highest BCUT2D eigenvalue weighted by molar-refractivity contribution is 7.15. The van der Waals surface area contributed by atoms with Crippen LogP contribution in [0.4, 0.5) is 5.13 Å². The van der Waals surface area contributed by atoms with E-state index in [2.05, 4.69) is 15.5 Å². The van der Waals surface area contributed by atoms with Crippen molar-refractivity contribution in [2.45, 2.75) is 6.42 Å². The van der Waals surface area contributed by atoms with E-state index in [1.165, 1.54) is 11.3 Å². The Bertz CT molecular complexity index is 576. The fraction of sp³-hybridized carbons (Fsp3) is 0.250. The van der Waals surface area contributed by atoms with Gasteiger partial charge >= 0.3 is 0 Å². The second-order valence-corrected chi connectivity index (χ2v) is 4.84. The van der Waals surface area contributed by atoms with Crippen molar-refractivity contribution >= 4 is 34.8 Å². The second-order valence-electron chi connectivity index (χ2n) is 3.78. The van der Waals surface area contributed by atoms with Crippen LogP contribution in [-0.4, -0.2) is 29.8 Å². The molecule has 0 atom stereocenters. The van der Waals surface area contributed by atoms with Crippen LogP contribution in [0.5, 0.6) is 5.75 Å². The standard InChI is InChI=1S/C12H14N4O2S.ClH/c1-18-9-4-2-3-8(5-9)6-11-15-16-12(19-11)14-10(17)7-13;/h2-5H,6-7,13H2,1H3,(H,14,16,17);1H. The number of amides is 1. The van der Waals surface area contributed by atoms with E-state index >= 15 is 0 Å². The number of hydrogen-bond donors (Lipinski definition) is 2. The Labute approximate surface area is 126 Å². The SMILES string of the molecule is COc1cccc(Cc2nnc(NC(=O)CN)s2)c1.Cl. The summed E-state index contributed by atoms with van der Waals surface area (Å²) >= 11 is 1.33. The van der Waals surface area contributed by atoms with E-state index in [1.807, 2.05) is 24.3 Å². The van der Waals surface area contributed by atoms with Gasteiger partial charge in [-0.25, -0.2) is 0 Å². The molecule has 2 rings (SSSR count). The van der Waals surface area contributed by atoms with Crippen molar-refractivity contribution < 1.29 is 9.53 Å². The third-order valence-corrected chi connectivity index (χ3v) is 3.23. The summed E-state index contributed by atoms with van der Waals surface area (Å²) in [6.07, 6.45) is 0.646. The fourth-order valence-electron chi connectivity index (χ4n) is 1.50. The minimum Gasteiger partial charge on any atom is -0.497 e. The summed E-state index contributed by atoms with van der Waals surface area (Å²) in [5.41, 5.74) is 6.29. The number of benzene rings is 1. The van der Waals surface area contributed by atoms with Gasteiger partial charge in [-0.2, -0.15) is 0 Å². The number of rotatable bonds is 5. The molecular formula is C12H15ClN4O2S. The maximum Gasteiger partial charge on any atom is 0.239 e. The summed E-state index contributed by atoms with van der Waals surface area (Å²) in [6, 6.07) is 7.74. The van der Waals surface area contributed by atoms with E-state index in [0.29, 0.717) is 11.6 Å². The molecule has 3 N–H and O–H groups in total. The smallest absolute Gasteiger partial charge is 0.239 e. The summed E-state index contributed by atoms with van der Waals surface area (Å²) < 4.78 is 5.16. The normalized spacial score (nSPS) is 9.70. The van der Waals surface area contributed by atoms with E-state index < -0.39 is 0 Å². The van der Waals surface area contributed by atoms with Crippen LogP contribution in [-0.2, 0) is 11.2 Å². The number of halogens is 1. The van der Waals surface area contributed by atoms with Gasteiger partial charge in [0.2, 0.25) is 11.0 Å². The molecular weight excluding hydrogens is 300 g/mol. The molecule has 0 aliphatic carbocycles. The first-order valence-corrected chi connectivity index (χ1v) is 6.48. The van der Waals surface area contributed by atoms with Crippen molar-refractivity contribution in [1.82, 2.24) is 10.2 Å². The van der Waals surface area contributed by atoms with E-state index in [-0.39, 0.29) is 24.9 Å². The van der Waals surface area contributed by atoms with Gasteiger partial charge in [0, 0.05) is 6.42 Å². The lowest BCUT2D eigenvalue weighted by Crippen LogP contribution is -2.21. The highest BCUT2D eigenvalue weighted by Gasteiger charge is 2.08. The number of methoxy groups -OCH3 is 1. The number of ether oxygens (including phenoxy) is 1. The number of nitrogens with two attached hydrogens (primary N) is 1. The van der Waals surface area contributed by atoms with Gasteiger partial charge in [-0.15, -0.1) is 22.6 Å². The van der Waals surface area contributed by atoms with Gasteiger partial charge < -0.3 is 10.5 Å². The summed E-state index contributed by atoms with van der Waals surface area (Å²) in [7, 11) is 1.63. The number of aromatic nitrogens is 2. The van der Waals surface area contributed by atoms with Gasteiger partial charge in [0.25, 0.3) is 0 Å². The Balaban J connectivity index is 0.00000200. The molecule has 0 unspecified atom stereocenters. The summed E-state index contributed by atoms with van der Waals surface area (Å²) in [6.45, 7) is -0.0647. The van der Waals surface area contributed by atoms with Crippen molar-refractivity contribution in [3.63, 3.8) is 0 Å². The quantitative estimate of drug-likeness (QED) is 0.872. The summed E-state index contributed by atoms with van der Waals surface area (Å²) in [5.74, 6) is 0.530. The molecule has 108 valence electrons. The highest BCUT2D eigenvalue weighted by Crippen LogP contribution is 2.20. The number of nitrogens with one attached hydrogen (secondary N) is 1. The zero-order chi connectivity index (χ0) is 13.7. The molecule has 1 amide bonds. The molecule has 6 nitrogen and oxygen atoms in total. The van der Waals surface area contributed by atoms with Crippen molar-refractivity contribution in [2.24, 2.45) is 5.73 Å². The maximum atomic E-state index is 11.1. The molecule has 0 saturated carbocycles. The molecule has 0 bridgehead atoms. The first-order chi connectivity index (χ1) is 9.21. The van der Waals surface area contributed by atoms with Crippen LogP contribution in [0.15, 0.2) is 24.3 Å². The molecule has 1 heterocycles. The van der Waals surface area contributed by atoms with Gasteiger partial charge in [-0.3, -0.25) is 10.1 Å². The minimum atomic E-state index is -0.274. The van der Waals surface area contributed by atoms with E-state index in [0.717, 1.165) is 16.3 Å². The third-order valence-electron chi connectivity index (χ3n) is 2.39. The number of anilines is 1.